The van der Waals surface area contributed by atoms with Gasteiger partial charge in [0, 0.05) is 31.2 Å². The molecule has 1 saturated heterocycles. The van der Waals surface area contributed by atoms with Crippen LogP contribution >= 0.6 is 0 Å². The maximum absolute atomic E-state index is 12.8. The second-order valence-electron chi connectivity index (χ2n) is 5.64. The highest BCUT2D eigenvalue weighted by molar-refractivity contribution is 7.89. The van der Waals surface area contributed by atoms with Gasteiger partial charge < -0.3 is 11.1 Å². The minimum atomic E-state index is -3.58. The highest BCUT2D eigenvalue weighted by Crippen LogP contribution is 2.26. The monoisotopic (exact) mass is 325 g/mol. The molecule has 0 saturated carbocycles. The summed E-state index contributed by atoms with van der Waals surface area (Å²) in [5.74, 6) is -0.240. The van der Waals surface area contributed by atoms with Gasteiger partial charge in [0.1, 0.15) is 0 Å². The first-order valence-electron chi connectivity index (χ1n) is 7.47. The molecule has 2 rings (SSSR count). The van der Waals surface area contributed by atoms with Crippen LogP contribution in [-0.4, -0.2) is 44.3 Å². The zero-order valence-corrected chi connectivity index (χ0v) is 13.8. The molecule has 6 nitrogen and oxygen atoms in total. The Labute approximate surface area is 131 Å². The first-order chi connectivity index (χ1) is 10.4. The number of hydrogen-bond donors (Lipinski definition) is 2. The fraction of sp³-hybridized carbons (Fsp3) is 0.533. The van der Waals surface area contributed by atoms with Crippen molar-refractivity contribution in [3.63, 3.8) is 0 Å². The average Bonchev–Trinajstić information content (AvgIpc) is 2.54. The standard InChI is InChI=1S/C15H23N3O3S/c1-11(16)14-5-3-4-10-18(14)22(20,21)13-8-6-12(7-9-13)15(19)17-2/h6-9,11,14H,3-5,10,16H2,1-2H3,(H,17,19)/t11-,14+/m0/s1. The number of benzene rings is 1. The van der Waals surface area contributed by atoms with Crippen LogP contribution < -0.4 is 11.1 Å². The van der Waals surface area contributed by atoms with Gasteiger partial charge in [-0.05, 0) is 44.0 Å². The van der Waals surface area contributed by atoms with Crippen LogP contribution in [0.1, 0.15) is 36.5 Å². The maximum Gasteiger partial charge on any atom is 0.251 e. The van der Waals surface area contributed by atoms with E-state index in [2.05, 4.69) is 5.32 Å². The molecule has 1 aromatic rings. The van der Waals surface area contributed by atoms with E-state index in [1.807, 2.05) is 6.92 Å². The van der Waals surface area contributed by atoms with Gasteiger partial charge in [0.15, 0.2) is 0 Å². The Morgan fingerprint density at radius 1 is 1.32 bits per heavy atom. The molecule has 1 aliphatic heterocycles. The molecule has 0 bridgehead atoms. The normalized spacial score (nSPS) is 21.3. The molecular weight excluding hydrogens is 302 g/mol. The van der Waals surface area contributed by atoms with Gasteiger partial charge in [-0.3, -0.25) is 4.79 Å². The molecule has 1 amide bonds. The molecule has 0 unspecified atom stereocenters. The zero-order valence-electron chi connectivity index (χ0n) is 13.0. The van der Waals surface area contributed by atoms with Gasteiger partial charge in [-0.1, -0.05) is 6.42 Å². The minimum absolute atomic E-state index is 0.169. The summed E-state index contributed by atoms with van der Waals surface area (Å²) in [6.45, 7) is 2.33. The van der Waals surface area contributed by atoms with Gasteiger partial charge >= 0.3 is 0 Å². The number of amides is 1. The number of nitrogens with one attached hydrogen (secondary N) is 1. The highest BCUT2D eigenvalue weighted by atomic mass is 32.2. The van der Waals surface area contributed by atoms with Crippen molar-refractivity contribution in [1.29, 1.82) is 0 Å². The predicted molar refractivity (Wildman–Crippen MR) is 85.0 cm³/mol. The quantitative estimate of drug-likeness (QED) is 0.861. The van der Waals surface area contributed by atoms with Crippen LogP contribution in [0.2, 0.25) is 0 Å². The first kappa shape index (κ1) is 16.9. The average molecular weight is 325 g/mol. The van der Waals surface area contributed by atoms with Gasteiger partial charge in [-0.2, -0.15) is 4.31 Å². The molecule has 0 aromatic heterocycles. The Bertz CT molecular complexity index is 626. The maximum atomic E-state index is 12.8. The van der Waals surface area contributed by atoms with Gasteiger partial charge in [-0.25, -0.2) is 8.42 Å². The lowest BCUT2D eigenvalue weighted by Gasteiger charge is -2.36. The summed E-state index contributed by atoms with van der Waals surface area (Å²) in [6.07, 6.45) is 2.62. The topological polar surface area (TPSA) is 92.5 Å². The second kappa shape index (κ2) is 6.76. The zero-order chi connectivity index (χ0) is 16.3. The van der Waals surface area contributed by atoms with Gasteiger partial charge in [0.25, 0.3) is 5.91 Å². The summed E-state index contributed by atoms with van der Waals surface area (Å²) < 4.78 is 27.2. The molecular formula is C15H23N3O3S. The summed E-state index contributed by atoms with van der Waals surface area (Å²) in [5.41, 5.74) is 6.39. The van der Waals surface area contributed by atoms with Crippen molar-refractivity contribution in [1.82, 2.24) is 9.62 Å². The summed E-state index contributed by atoms with van der Waals surface area (Å²) in [6, 6.07) is 5.63. The largest absolute Gasteiger partial charge is 0.355 e. The van der Waals surface area contributed by atoms with Crippen LogP contribution in [-0.2, 0) is 10.0 Å². The van der Waals surface area contributed by atoms with Crippen LogP contribution in [0, 0.1) is 0 Å². The van der Waals surface area contributed by atoms with Crippen LogP contribution in [0.5, 0.6) is 0 Å². The molecule has 0 radical (unpaired) electrons. The molecule has 7 heteroatoms. The summed E-state index contributed by atoms with van der Waals surface area (Å²) in [4.78, 5) is 11.7. The Kier molecular flexibility index (Phi) is 5.20. The third kappa shape index (κ3) is 3.31. The number of carbonyl (C=O) groups is 1. The SMILES string of the molecule is CNC(=O)c1ccc(S(=O)(=O)N2CCCC[C@@H]2[C@H](C)N)cc1. The first-order valence-corrected chi connectivity index (χ1v) is 8.91. The number of carbonyl (C=O) groups excluding carboxylic acids is 1. The van der Waals surface area contributed by atoms with Crippen LogP contribution in [0.25, 0.3) is 0 Å². The Hall–Kier alpha value is -1.44. The number of hydrogen-bond acceptors (Lipinski definition) is 4. The summed E-state index contributed by atoms with van der Waals surface area (Å²) >= 11 is 0. The van der Waals surface area contributed by atoms with E-state index in [-0.39, 0.29) is 22.9 Å². The molecule has 1 aliphatic rings. The van der Waals surface area contributed by atoms with Crippen molar-refractivity contribution in [2.45, 2.75) is 43.2 Å². The van der Waals surface area contributed by atoms with Crippen molar-refractivity contribution in [2.24, 2.45) is 5.73 Å². The number of rotatable bonds is 4. The third-order valence-electron chi connectivity index (χ3n) is 4.06. The van der Waals surface area contributed by atoms with E-state index in [1.54, 1.807) is 0 Å². The van der Waals surface area contributed by atoms with Crippen molar-refractivity contribution in [3.8, 4) is 0 Å². The molecule has 0 aliphatic carbocycles. The minimum Gasteiger partial charge on any atom is -0.355 e. The lowest BCUT2D eigenvalue weighted by Crippen LogP contribution is -2.51. The van der Waals surface area contributed by atoms with E-state index in [4.69, 9.17) is 5.73 Å². The smallest absolute Gasteiger partial charge is 0.251 e. The Morgan fingerprint density at radius 3 is 2.50 bits per heavy atom. The van der Waals surface area contributed by atoms with Crippen molar-refractivity contribution < 1.29 is 13.2 Å². The number of nitrogens with two attached hydrogens (primary N) is 1. The number of nitrogens with zero attached hydrogens (tertiary/aromatic N) is 1. The van der Waals surface area contributed by atoms with E-state index < -0.39 is 10.0 Å². The van der Waals surface area contributed by atoms with Gasteiger partial charge in [-0.15, -0.1) is 0 Å². The molecule has 3 N–H and O–H groups in total. The molecule has 22 heavy (non-hydrogen) atoms. The lowest BCUT2D eigenvalue weighted by atomic mass is 10.00. The number of piperidine rings is 1. The second-order valence-corrected chi connectivity index (χ2v) is 7.53. The van der Waals surface area contributed by atoms with E-state index >= 15 is 0 Å². The van der Waals surface area contributed by atoms with Crippen LogP contribution in [0.3, 0.4) is 0 Å². The third-order valence-corrected chi connectivity index (χ3v) is 5.99. The predicted octanol–water partition coefficient (Wildman–Crippen LogP) is 0.937. The van der Waals surface area contributed by atoms with E-state index in [1.165, 1.54) is 35.6 Å². The van der Waals surface area contributed by atoms with E-state index in [0.29, 0.717) is 12.1 Å². The molecule has 1 aromatic carbocycles. The summed E-state index contributed by atoms with van der Waals surface area (Å²) in [7, 11) is -2.05. The summed E-state index contributed by atoms with van der Waals surface area (Å²) in [5, 5.41) is 2.51. The molecule has 0 spiro atoms. The molecule has 1 fully saturated rings. The highest BCUT2D eigenvalue weighted by Gasteiger charge is 2.35. The fourth-order valence-corrected chi connectivity index (χ4v) is 4.59. The molecule has 2 atom stereocenters. The Morgan fingerprint density at radius 2 is 1.95 bits per heavy atom. The molecule has 1 heterocycles. The lowest BCUT2D eigenvalue weighted by molar-refractivity contribution is 0.0963. The number of sulfonamides is 1. The van der Waals surface area contributed by atoms with Gasteiger partial charge in [0.2, 0.25) is 10.0 Å². The fourth-order valence-electron chi connectivity index (χ4n) is 2.81. The Balaban J connectivity index is 2.30. The van der Waals surface area contributed by atoms with E-state index in [0.717, 1.165) is 19.3 Å². The van der Waals surface area contributed by atoms with Crippen molar-refractivity contribution in [2.75, 3.05) is 13.6 Å². The van der Waals surface area contributed by atoms with Gasteiger partial charge in [0.05, 0.1) is 4.90 Å². The van der Waals surface area contributed by atoms with Crippen LogP contribution in [0.4, 0.5) is 0 Å². The van der Waals surface area contributed by atoms with Crippen LogP contribution in [0.15, 0.2) is 29.2 Å². The van der Waals surface area contributed by atoms with Crippen molar-refractivity contribution >= 4 is 15.9 Å². The van der Waals surface area contributed by atoms with E-state index in [9.17, 15) is 13.2 Å². The molecule has 122 valence electrons. The van der Waals surface area contributed by atoms with Crippen molar-refractivity contribution in [3.05, 3.63) is 29.8 Å².